The summed E-state index contributed by atoms with van der Waals surface area (Å²) < 4.78 is 9.83. The van der Waals surface area contributed by atoms with Gasteiger partial charge in [-0.2, -0.15) is 0 Å². The molecular formula is C113H150O4. The summed E-state index contributed by atoms with van der Waals surface area (Å²) in [5, 5.41) is 7.86. The molecule has 0 aliphatic carbocycles. The van der Waals surface area contributed by atoms with Crippen molar-refractivity contribution in [2.45, 2.75) is 173 Å². The number of carbonyl (C=O) groups is 2. The first-order valence-electron chi connectivity index (χ1n) is 42.0. The SMILES string of the molecule is CC.CC.CC.CC.CC.CC.CC.CC.CC.CC(=O)c1ccccc1.CC(=O)c1ccccc1.COc1ccccc1.COc1ccccc1.Cc1ccccc1.Cc1ccccc1.Cc1ccccc1.Cc1ccccc1.Cc1ccccc1.c1ccc2ccccc2c1.c1ccc2ccccc2c1.c1ccc2ccccc2c1. The number of carbonyl (C=O) groups excluding carboxylic acids is 2. The van der Waals surface area contributed by atoms with Crippen molar-refractivity contribution in [1.29, 1.82) is 0 Å². The minimum absolute atomic E-state index is 0.121. The van der Waals surface area contributed by atoms with Crippen LogP contribution in [0, 0.1) is 34.6 Å². The summed E-state index contributed by atoms with van der Waals surface area (Å²) in [4.78, 5) is 21.3. The van der Waals surface area contributed by atoms with Crippen molar-refractivity contribution < 1.29 is 19.1 Å². The van der Waals surface area contributed by atoms with Crippen LogP contribution >= 0.6 is 0 Å². The van der Waals surface area contributed by atoms with Gasteiger partial charge in [-0.05, 0) is 105 Å². The van der Waals surface area contributed by atoms with Crippen molar-refractivity contribution >= 4 is 43.9 Å². The normalized spacial score (nSPS) is 8.20. The lowest BCUT2D eigenvalue weighted by atomic mass is 10.1. The summed E-state index contributed by atoms with van der Waals surface area (Å²) in [5.41, 5.74) is 8.16. The van der Waals surface area contributed by atoms with Crippen LogP contribution in [-0.4, -0.2) is 25.8 Å². The molecule has 626 valence electrons. The molecule has 0 aliphatic rings. The average Bonchev–Trinajstić information content (AvgIpc) is 0.871. The number of para-hydroxylation sites is 2. The van der Waals surface area contributed by atoms with E-state index in [0.717, 1.165) is 22.6 Å². The highest BCUT2D eigenvalue weighted by Gasteiger charge is 1.95. The van der Waals surface area contributed by atoms with Crippen LogP contribution in [0.4, 0.5) is 0 Å². The standard InChI is InChI=1S/3C10H8.2C8H8O.2C7H8O.5C7H8.9C2H6/c3*1-2-6-10-8-4-3-7-9(10)5-1;2*1-7(9)8-5-3-2-4-6-8;2*1-8-7-5-3-2-4-6-7;5*1-7-5-3-2-4-6-7;9*1-2/h3*1-8H;2*2-6H,1H3;2*2-6H,1H3;5*2-6H,1H3;9*1-2H3. The number of methoxy groups -OCH3 is 2. The molecule has 0 N–H and O–H groups in total. The summed E-state index contributed by atoms with van der Waals surface area (Å²) in [7, 11) is 3.32. The molecule has 0 spiro atoms. The number of ether oxygens (including phenoxy) is 2. The van der Waals surface area contributed by atoms with Crippen molar-refractivity contribution in [3.05, 3.63) is 458 Å². The first-order chi connectivity index (χ1) is 57.3. The number of hydrogen-bond donors (Lipinski definition) is 0. The van der Waals surface area contributed by atoms with Gasteiger partial charge in [0, 0.05) is 11.1 Å². The van der Waals surface area contributed by atoms with E-state index in [1.165, 1.54) is 60.1 Å². The van der Waals surface area contributed by atoms with Gasteiger partial charge in [0.1, 0.15) is 11.5 Å². The molecule has 0 atom stereocenters. The fourth-order valence-electron chi connectivity index (χ4n) is 8.53. The maximum Gasteiger partial charge on any atom is 0.159 e. The smallest absolute Gasteiger partial charge is 0.159 e. The molecule has 0 radical (unpaired) electrons. The second-order valence-corrected chi connectivity index (χ2v) is 22.2. The van der Waals surface area contributed by atoms with Crippen molar-refractivity contribution in [2.24, 2.45) is 0 Å². The van der Waals surface area contributed by atoms with Gasteiger partial charge >= 0.3 is 0 Å². The Morgan fingerprint density at radius 3 is 0.342 bits per heavy atom. The lowest BCUT2D eigenvalue weighted by molar-refractivity contribution is 0.100. The van der Waals surface area contributed by atoms with Crippen LogP contribution in [0.25, 0.3) is 32.3 Å². The molecule has 4 nitrogen and oxygen atoms in total. The molecule has 0 aromatic heterocycles. The number of rotatable bonds is 4. The van der Waals surface area contributed by atoms with E-state index in [1.54, 1.807) is 28.1 Å². The zero-order valence-electron chi connectivity index (χ0n) is 77.0. The first-order valence-corrected chi connectivity index (χ1v) is 42.0. The topological polar surface area (TPSA) is 52.6 Å². The molecule has 0 unspecified atom stereocenters. The first kappa shape index (κ1) is 116. The van der Waals surface area contributed by atoms with E-state index in [-0.39, 0.29) is 11.6 Å². The fraction of sp³-hybridized carbons (Fsp3) is 0.239. The highest BCUT2D eigenvalue weighted by atomic mass is 16.5. The van der Waals surface area contributed by atoms with E-state index >= 15 is 0 Å². The van der Waals surface area contributed by atoms with Crippen molar-refractivity contribution in [3.8, 4) is 11.5 Å². The van der Waals surface area contributed by atoms with Crippen LogP contribution in [0.15, 0.2) is 419 Å². The van der Waals surface area contributed by atoms with Crippen molar-refractivity contribution in [1.82, 2.24) is 0 Å². The Kier molecular flexibility index (Phi) is 90.3. The molecule has 15 rings (SSSR count). The van der Waals surface area contributed by atoms with Gasteiger partial charge in [-0.3, -0.25) is 9.59 Å². The number of hydrogen-bond acceptors (Lipinski definition) is 4. The monoisotopic (exact) mass is 1570 g/mol. The summed E-state index contributed by atoms with van der Waals surface area (Å²) in [6, 6.07) is 139. The van der Waals surface area contributed by atoms with Gasteiger partial charge in [-0.25, -0.2) is 0 Å². The van der Waals surface area contributed by atoms with E-state index in [0.29, 0.717) is 0 Å². The molecule has 0 amide bonds. The van der Waals surface area contributed by atoms with E-state index in [9.17, 15) is 9.59 Å². The number of ketones is 2. The van der Waals surface area contributed by atoms with E-state index in [4.69, 9.17) is 9.47 Å². The maximum atomic E-state index is 10.6. The number of fused-ring (bicyclic) bond motifs is 3. The second kappa shape index (κ2) is 91.2. The van der Waals surface area contributed by atoms with Gasteiger partial charge < -0.3 is 9.47 Å². The molecule has 0 bridgehead atoms. The molecule has 15 aromatic rings. The Labute approximate surface area is 714 Å². The molecule has 0 saturated carbocycles. The Balaban J connectivity index is -0.000000283. The van der Waals surface area contributed by atoms with Gasteiger partial charge in [0.15, 0.2) is 11.6 Å². The van der Waals surface area contributed by atoms with Crippen LogP contribution in [0.2, 0.25) is 0 Å². The molecule has 0 saturated heterocycles. The lowest BCUT2D eigenvalue weighted by Crippen LogP contribution is -1.88. The maximum absolute atomic E-state index is 10.6. The van der Waals surface area contributed by atoms with Gasteiger partial charge in [0.2, 0.25) is 0 Å². The molecule has 0 fully saturated rings. The average molecular weight is 1570 g/mol. The predicted molar refractivity (Wildman–Crippen MR) is 529 cm³/mol. The van der Waals surface area contributed by atoms with Crippen LogP contribution in [-0.2, 0) is 0 Å². The van der Waals surface area contributed by atoms with Gasteiger partial charge in [-0.15, -0.1) is 0 Å². The quantitative estimate of drug-likeness (QED) is 0.165. The summed E-state index contributed by atoms with van der Waals surface area (Å²) in [6.45, 7) is 49.5. The predicted octanol–water partition coefficient (Wildman–Crippen LogP) is 34.9. The number of benzene rings is 15. The molecule has 4 heteroatoms. The van der Waals surface area contributed by atoms with Gasteiger partial charge in [0.05, 0.1) is 14.2 Å². The fourth-order valence-corrected chi connectivity index (χ4v) is 8.53. The van der Waals surface area contributed by atoms with Crippen LogP contribution in [0.3, 0.4) is 0 Å². The molecule has 15 aromatic carbocycles. The minimum atomic E-state index is 0.121. The number of Topliss-reactive ketones (excluding diaryl/α,β-unsaturated/α-hetero) is 2. The summed E-state index contributed by atoms with van der Waals surface area (Å²) in [6.07, 6.45) is 0. The van der Waals surface area contributed by atoms with Gasteiger partial charge in [0.25, 0.3) is 0 Å². The Morgan fingerprint density at radius 2 is 0.265 bits per heavy atom. The lowest BCUT2D eigenvalue weighted by Gasteiger charge is -1.93. The number of aryl methyl sites for hydroxylation is 5. The third-order valence-corrected chi connectivity index (χ3v) is 14.0. The Morgan fingerprint density at radius 1 is 0.162 bits per heavy atom. The molecule has 117 heavy (non-hydrogen) atoms. The molecule has 0 heterocycles. The van der Waals surface area contributed by atoms with Crippen molar-refractivity contribution in [3.63, 3.8) is 0 Å². The van der Waals surface area contributed by atoms with E-state index in [1.807, 2.05) is 337 Å². The summed E-state index contributed by atoms with van der Waals surface area (Å²) in [5.74, 6) is 2.06. The third-order valence-electron chi connectivity index (χ3n) is 14.0. The second-order valence-electron chi connectivity index (χ2n) is 22.2. The molecule has 0 aliphatic heterocycles. The van der Waals surface area contributed by atoms with E-state index < -0.39 is 0 Å². The van der Waals surface area contributed by atoms with Crippen LogP contribution in [0.5, 0.6) is 11.5 Å². The Hall–Kier alpha value is -12.0. The Bertz CT molecular complexity index is 3730. The third kappa shape index (κ3) is 68.2. The minimum Gasteiger partial charge on any atom is -0.497 e. The highest BCUT2D eigenvalue weighted by Crippen LogP contribution is 2.14. The van der Waals surface area contributed by atoms with Crippen LogP contribution < -0.4 is 9.47 Å². The van der Waals surface area contributed by atoms with Crippen molar-refractivity contribution in [2.75, 3.05) is 14.2 Å². The van der Waals surface area contributed by atoms with E-state index in [2.05, 4.69) is 241 Å². The van der Waals surface area contributed by atoms with Gasteiger partial charge in [-0.1, -0.05) is 547 Å². The molecular weight excluding hydrogens is 1420 g/mol. The van der Waals surface area contributed by atoms with Crippen LogP contribution in [0.1, 0.15) is 187 Å². The summed E-state index contributed by atoms with van der Waals surface area (Å²) >= 11 is 0. The zero-order valence-corrected chi connectivity index (χ0v) is 77.0. The largest absolute Gasteiger partial charge is 0.497 e. The highest BCUT2D eigenvalue weighted by molar-refractivity contribution is 5.94. The zero-order chi connectivity index (χ0) is 89.0.